The van der Waals surface area contributed by atoms with Gasteiger partial charge in [-0.25, -0.2) is 0 Å². The van der Waals surface area contributed by atoms with Gasteiger partial charge in [0.05, 0.1) is 11.7 Å². The summed E-state index contributed by atoms with van der Waals surface area (Å²) in [5.74, 6) is -1.23. The number of amides is 2. The molecule has 1 aromatic carbocycles. The van der Waals surface area contributed by atoms with Gasteiger partial charge in [-0.3, -0.25) is 9.59 Å². The summed E-state index contributed by atoms with van der Waals surface area (Å²) in [6.45, 7) is 1.18. The van der Waals surface area contributed by atoms with Crippen LogP contribution < -0.4 is 11.1 Å². The molecule has 3 N–H and O–H groups in total. The molecule has 1 aromatic rings. The van der Waals surface area contributed by atoms with Gasteiger partial charge in [-0.15, -0.1) is 0 Å². The van der Waals surface area contributed by atoms with Gasteiger partial charge < -0.3 is 11.1 Å². The molecule has 0 aliphatic rings. The quantitative estimate of drug-likeness (QED) is 0.876. The zero-order chi connectivity index (χ0) is 15.3. The number of alkyl halides is 3. The van der Waals surface area contributed by atoms with E-state index in [1.54, 1.807) is 12.1 Å². The van der Waals surface area contributed by atoms with Crippen LogP contribution >= 0.6 is 11.8 Å². The van der Waals surface area contributed by atoms with Crippen molar-refractivity contribution in [3.05, 3.63) is 29.8 Å². The Morgan fingerprint density at radius 2 is 1.85 bits per heavy atom. The van der Waals surface area contributed by atoms with Crippen molar-refractivity contribution in [2.45, 2.75) is 24.1 Å². The van der Waals surface area contributed by atoms with E-state index in [-0.39, 0.29) is 18.2 Å². The normalized spacial score (nSPS) is 12.8. The summed E-state index contributed by atoms with van der Waals surface area (Å²) in [5, 5.41) is 1.12. The number of anilines is 1. The largest absolute Gasteiger partial charge is 0.442 e. The maximum absolute atomic E-state index is 12.1. The third kappa shape index (κ3) is 5.96. The second kappa shape index (κ2) is 6.65. The van der Waals surface area contributed by atoms with Crippen molar-refractivity contribution in [1.29, 1.82) is 0 Å². The topological polar surface area (TPSA) is 72.2 Å². The van der Waals surface area contributed by atoms with Gasteiger partial charge >= 0.3 is 5.51 Å². The Morgan fingerprint density at radius 3 is 2.30 bits per heavy atom. The molecular formula is C12H13F3N2O2S. The van der Waals surface area contributed by atoms with Crippen molar-refractivity contribution in [2.24, 2.45) is 5.73 Å². The Labute approximate surface area is 117 Å². The molecule has 4 nitrogen and oxygen atoms in total. The van der Waals surface area contributed by atoms with Crippen LogP contribution in [0.25, 0.3) is 0 Å². The summed E-state index contributed by atoms with van der Waals surface area (Å²) in [6, 6.07) is 6.15. The highest BCUT2D eigenvalue weighted by atomic mass is 32.2. The van der Waals surface area contributed by atoms with Gasteiger partial charge in [-0.1, -0.05) is 12.1 Å². The van der Waals surface area contributed by atoms with Crippen LogP contribution in [0.2, 0.25) is 0 Å². The maximum atomic E-state index is 12.1. The molecule has 0 heterocycles. The summed E-state index contributed by atoms with van der Waals surface area (Å²) in [7, 11) is 0. The lowest BCUT2D eigenvalue weighted by Crippen LogP contribution is -2.25. The highest BCUT2D eigenvalue weighted by molar-refractivity contribution is 8.01. The van der Waals surface area contributed by atoms with Crippen LogP contribution in [0.5, 0.6) is 0 Å². The van der Waals surface area contributed by atoms with Crippen LogP contribution in [0, 0.1) is 0 Å². The number of hydrogen-bond acceptors (Lipinski definition) is 3. The van der Waals surface area contributed by atoms with E-state index in [4.69, 9.17) is 5.73 Å². The lowest BCUT2D eigenvalue weighted by atomic mass is 10.1. The molecule has 20 heavy (non-hydrogen) atoms. The van der Waals surface area contributed by atoms with Crippen molar-refractivity contribution in [3.63, 3.8) is 0 Å². The first-order valence-corrected chi connectivity index (χ1v) is 6.48. The van der Waals surface area contributed by atoms with Gasteiger partial charge in [0.25, 0.3) is 0 Å². The fourth-order valence-corrected chi connectivity index (χ4v) is 1.97. The molecular weight excluding hydrogens is 293 g/mol. The van der Waals surface area contributed by atoms with E-state index < -0.39 is 22.6 Å². The first-order chi connectivity index (χ1) is 9.17. The zero-order valence-electron chi connectivity index (χ0n) is 10.5. The molecule has 0 aromatic heterocycles. The molecule has 0 aliphatic heterocycles. The minimum absolute atomic E-state index is 0.0640. The molecule has 110 valence electrons. The van der Waals surface area contributed by atoms with Crippen LogP contribution in [-0.2, 0) is 16.0 Å². The lowest BCUT2D eigenvalue weighted by molar-refractivity contribution is -0.117. The number of primary amides is 1. The number of halogens is 3. The van der Waals surface area contributed by atoms with Crippen molar-refractivity contribution in [3.8, 4) is 0 Å². The predicted octanol–water partition coefficient (Wildman–Crippen LogP) is 2.29. The number of thioether (sulfide) groups is 1. The second-order valence-corrected chi connectivity index (χ2v) is 5.44. The van der Waals surface area contributed by atoms with Crippen LogP contribution in [-0.4, -0.2) is 22.6 Å². The van der Waals surface area contributed by atoms with E-state index in [0.29, 0.717) is 11.3 Å². The van der Waals surface area contributed by atoms with Crippen molar-refractivity contribution in [1.82, 2.24) is 0 Å². The molecule has 0 fully saturated rings. The Hall–Kier alpha value is -1.70. The molecule has 0 aliphatic carbocycles. The van der Waals surface area contributed by atoms with Crippen LogP contribution in [0.3, 0.4) is 0 Å². The first-order valence-electron chi connectivity index (χ1n) is 5.60. The molecule has 2 amide bonds. The van der Waals surface area contributed by atoms with E-state index in [1.165, 1.54) is 19.1 Å². The average molecular weight is 306 g/mol. The van der Waals surface area contributed by atoms with Gasteiger partial charge in [0, 0.05) is 5.69 Å². The summed E-state index contributed by atoms with van der Waals surface area (Å²) in [4.78, 5) is 22.2. The third-order valence-electron chi connectivity index (χ3n) is 2.28. The Kier molecular flexibility index (Phi) is 5.43. The number of benzene rings is 1. The van der Waals surface area contributed by atoms with Gasteiger partial charge in [0.1, 0.15) is 0 Å². The number of nitrogens with one attached hydrogen (secondary N) is 1. The standard InChI is InChI=1S/C12H13F3N2O2S/c1-7(20-12(13,14)15)11(19)17-9-4-2-8(3-5-9)6-10(16)18/h2-5,7H,6H2,1H3,(H2,16,18)(H,17,19)/t7-/m1/s1. The fraction of sp³-hybridized carbons (Fsp3) is 0.333. The minimum atomic E-state index is -4.46. The molecule has 8 heteroatoms. The highest BCUT2D eigenvalue weighted by Gasteiger charge is 2.34. The highest BCUT2D eigenvalue weighted by Crippen LogP contribution is 2.34. The molecule has 1 atom stereocenters. The zero-order valence-corrected chi connectivity index (χ0v) is 11.3. The summed E-state index contributed by atoms with van der Waals surface area (Å²) < 4.78 is 36.4. The number of carbonyl (C=O) groups excluding carboxylic acids is 2. The number of hydrogen-bond donors (Lipinski definition) is 2. The monoisotopic (exact) mass is 306 g/mol. The first kappa shape index (κ1) is 16.4. The van der Waals surface area contributed by atoms with E-state index in [2.05, 4.69) is 5.32 Å². The molecule has 0 radical (unpaired) electrons. The molecule has 1 rings (SSSR count). The Bertz CT molecular complexity index is 488. The van der Waals surface area contributed by atoms with Crippen LogP contribution in [0.1, 0.15) is 12.5 Å². The smallest absolute Gasteiger partial charge is 0.369 e. The molecule has 0 saturated heterocycles. The molecule has 0 spiro atoms. The van der Waals surface area contributed by atoms with Gasteiger partial charge in [0.2, 0.25) is 11.8 Å². The SMILES string of the molecule is C[C@@H](SC(F)(F)F)C(=O)Nc1ccc(CC(N)=O)cc1. The third-order valence-corrected chi connectivity index (χ3v) is 3.11. The maximum Gasteiger partial charge on any atom is 0.442 e. The fourth-order valence-electron chi connectivity index (χ4n) is 1.40. The minimum Gasteiger partial charge on any atom is -0.369 e. The predicted molar refractivity (Wildman–Crippen MR) is 71.1 cm³/mol. The number of nitrogens with two attached hydrogens (primary N) is 1. The van der Waals surface area contributed by atoms with E-state index in [0.717, 1.165) is 0 Å². The summed E-state index contributed by atoms with van der Waals surface area (Å²) >= 11 is -0.378. The number of rotatable bonds is 5. The molecule has 0 unspecified atom stereocenters. The van der Waals surface area contributed by atoms with Gasteiger partial charge in [0.15, 0.2) is 0 Å². The van der Waals surface area contributed by atoms with E-state index in [9.17, 15) is 22.8 Å². The van der Waals surface area contributed by atoms with Gasteiger partial charge in [-0.05, 0) is 36.4 Å². The number of carbonyl (C=O) groups is 2. The van der Waals surface area contributed by atoms with Crippen molar-refractivity contribution in [2.75, 3.05) is 5.32 Å². The Balaban J connectivity index is 2.60. The van der Waals surface area contributed by atoms with Crippen LogP contribution in [0.15, 0.2) is 24.3 Å². The molecule has 0 saturated carbocycles. The second-order valence-electron chi connectivity index (χ2n) is 4.04. The lowest BCUT2D eigenvalue weighted by Gasteiger charge is -2.13. The summed E-state index contributed by atoms with van der Waals surface area (Å²) in [6.07, 6.45) is 0.0640. The van der Waals surface area contributed by atoms with Crippen LogP contribution in [0.4, 0.5) is 18.9 Å². The van der Waals surface area contributed by atoms with E-state index in [1.807, 2.05) is 0 Å². The molecule has 0 bridgehead atoms. The van der Waals surface area contributed by atoms with E-state index >= 15 is 0 Å². The van der Waals surface area contributed by atoms with Crippen molar-refractivity contribution < 1.29 is 22.8 Å². The average Bonchev–Trinajstić information content (AvgIpc) is 2.28. The summed E-state index contributed by atoms with van der Waals surface area (Å²) in [5.41, 5.74) is 1.59. The Morgan fingerprint density at radius 1 is 1.30 bits per heavy atom. The van der Waals surface area contributed by atoms with Gasteiger partial charge in [-0.2, -0.15) is 13.2 Å². The van der Waals surface area contributed by atoms with Crippen molar-refractivity contribution >= 4 is 29.3 Å².